The third-order valence-electron chi connectivity index (χ3n) is 16.3. The van der Waals surface area contributed by atoms with E-state index in [1.807, 2.05) is 48.5 Å². The van der Waals surface area contributed by atoms with Gasteiger partial charge in [-0.25, -0.2) is 0 Å². The van der Waals surface area contributed by atoms with E-state index in [1.165, 1.54) is 89.0 Å². The van der Waals surface area contributed by atoms with Crippen molar-refractivity contribution in [3.63, 3.8) is 0 Å². The van der Waals surface area contributed by atoms with Crippen LogP contribution in [-0.2, 0) is 12.8 Å². The topological polar surface area (TPSA) is 36.9 Å². The Labute approximate surface area is 481 Å². The van der Waals surface area contributed by atoms with Crippen molar-refractivity contribution in [1.29, 1.82) is 0 Å². The van der Waals surface area contributed by atoms with E-state index >= 15 is 0 Å². The smallest absolute Gasteiger partial charge is 0.118 e. The van der Waals surface area contributed by atoms with Gasteiger partial charge in [0.05, 0.1) is 28.4 Å². The monoisotopic (exact) mass is 1060 g/mol. The molecule has 0 amide bonds. The second-order valence-electron chi connectivity index (χ2n) is 21.1. The Morgan fingerprint density at radius 1 is 0.171 bits per heavy atom. The third kappa shape index (κ3) is 10.5. The molecule has 0 saturated heterocycles. The molecule has 0 atom stereocenters. The molecule has 12 aromatic carbocycles. The normalized spacial score (nSPS) is 11.6. The lowest BCUT2D eigenvalue weighted by Crippen LogP contribution is -2.04. The molecule has 1 aliphatic rings. The van der Waals surface area contributed by atoms with E-state index in [4.69, 9.17) is 18.9 Å². The minimum Gasteiger partial charge on any atom is -0.497 e. The fourth-order valence-corrected chi connectivity index (χ4v) is 11.7. The quantitative estimate of drug-likeness (QED) is 0.122. The first-order valence-electron chi connectivity index (χ1n) is 27.9. The van der Waals surface area contributed by atoms with Crippen LogP contribution in [0.3, 0.4) is 0 Å². The van der Waals surface area contributed by atoms with Gasteiger partial charge >= 0.3 is 0 Å². The molecular formula is C78H60O4. The first kappa shape index (κ1) is 51.3. The predicted octanol–water partition coefficient (Wildman–Crippen LogP) is 19.9. The molecule has 82 heavy (non-hydrogen) atoms. The molecule has 0 bridgehead atoms. The summed E-state index contributed by atoms with van der Waals surface area (Å²) in [6.07, 6.45) is 1.45. The van der Waals surface area contributed by atoms with E-state index < -0.39 is 0 Å². The van der Waals surface area contributed by atoms with Crippen LogP contribution in [0.25, 0.3) is 111 Å². The highest BCUT2D eigenvalue weighted by molar-refractivity contribution is 5.86. The van der Waals surface area contributed by atoms with Gasteiger partial charge in [0.2, 0.25) is 0 Å². The molecule has 0 heterocycles. The van der Waals surface area contributed by atoms with E-state index in [-0.39, 0.29) is 0 Å². The van der Waals surface area contributed by atoms with Gasteiger partial charge < -0.3 is 18.9 Å². The van der Waals surface area contributed by atoms with Crippen LogP contribution in [0.15, 0.2) is 267 Å². The van der Waals surface area contributed by atoms with Crippen molar-refractivity contribution in [1.82, 2.24) is 0 Å². The second-order valence-corrected chi connectivity index (χ2v) is 21.1. The van der Waals surface area contributed by atoms with Crippen LogP contribution in [0.4, 0.5) is 0 Å². The number of rotatable bonds is 12. The number of hydrogen-bond acceptors (Lipinski definition) is 4. The third-order valence-corrected chi connectivity index (χ3v) is 16.3. The maximum absolute atomic E-state index is 5.46. The first-order valence-corrected chi connectivity index (χ1v) is 27.9. The highest BCUT2D eigenvalue weighted by Crippen LogP contribution is 2.43. The summed E-state index contributed by atoms with van der Waals surface area (Å²) in [6.45, 7) is 0. The highest BCUT2D eigenvalue weighted by atomic mass is 16.5. The minimum absolute atomic E-state index is 0.724. The second kappa shape index (κ2) is 22.5. The van der Waals surface area contributed by atoms with Crippen molar-refractivity contribution >= 4 is 0 Å². The van der Waals surface area contributed by atoms with Crippen molar-refractivity contribution in [2.75, 3.05) is 28.4 Å². The SMILES string of the molecule is COc1ccc(-c2ccc(-c3ccc4c(c3)Cc3cc(-c5ccc(-c6ccc(OC)cc6)cc5)ccc3-c3ccc(-c5ccc(-c6ccc(OC)cc6)cc5)cc3Cc3cc(-c5ccc(-c6ccc(OC)cc6)cc5)ccc3-4)cc2)cc1. The van der Waals surface area contributed by atoms with E-state index in [0.29, 0.717) is 0 Å². The highest BCUT2D eigenvalue weighted by Gasteiger charge is 2.22. The van der Waals surface area contributed by atoms with E-state index in [1.54, 1.807) is 28.4 Å². The van der Waals surface area contributed by atoms with Gasteiger partial charge in [-0.1, -0.05) is 218 Å². The van der Waals surface area contributed by atoms with Crippen LogP contribution >= 0.6 is 0 Å². The van der Waals surface area contributed by atoms with Gasteiger partial charge in [-0.3, -0.25) is 0 Å². The first-order chi connectivity index (χ1) is 40.4. The largest absolute Gasteiger partial charge is 0.497 e. The Kier molecular flexibility index (Phi) is 14.1. The summed E-state index contributed by atoms with van der Waals surface area (Å²) in [5.74, 6) is 3.40. The average molecular weight is 1060 g/mol. The minimum atomic E-state index is 0.724. The fourth-order valence-electron chi connectivity index (χ4n) is 11.7. The van der Waals surface area contributed by atoms with E-state index in [0.717, 1.165) is 80.3 Å². The summed E-state index contributed by atoms with van der Waals surface area (Å²) in [5.41, 5.74) is 28.8. The molecule has 4 nitrogen and oxygen atoms in total. The van der Waals surface area contributed by atoms with Gasteiger partial charge in [0, 0.05) is 0 Å². The molecule has 0 aliphatic heterocycles. The Bertz CT molecular complexity index is 3660. The molecule has 4 heteroatoms. The molecule has 13 rings (SSSR count). The lowest BCUT2D eigenvalue weighted by molar-refractivity contribution is 0.415. The zero-order chi connectivity index (χ0) is 55.5. The van der Waals surface area contributed by atoms with Gasteiger partial charge in [-0.05, 0) is 195 Å². The van der Waals surface area contributed by atoms with Gasteiger partial charge in [0.15, 0.2) is 0 Å². The molecule has 12 aromatic rings. The lowest BCUT2D eigenvalue weighted by Gasteiger charge is -2.23. The van der Waals surface area contributed by atoms with Gasteiger partial charge in [-0.15, -0.1) is 0 Å². The van der Waals surface area contributed by atoms with Crippen molar-refractivity contribution in [2.45, 2.75) is 12.8 Å². The molecule has 0 spiro atoms. The van der Waals surface area contributed by atoms with Gasteiger partial charge in [0.1, 0.15) is 23.0 Å². The van der Waals surface area contributed by atoms with Crippen LogP contribution in [-0.4, -0.2) is 28.4 Å². The van der Waals surface area contributed by atoms with Crippen LogP contribution in [0.5, 0.6) is 23.0 Å². The summed E-state index contributed by atoms with van der Waals surface area (Å²) >= 11 is 0. The Hall–Kier alpha value is -10.2. The maximum Gasteiger partial charge on any atom is 0.118 e. The molecule has 0 saturated carbocycles. The lowest BCUT2D eigenvalue weighted by atomic mass is 9.81. The Balaban J connectivity index is 0.945. The summed E-state index contributed by atoms with van der Waals surface area (Å²) in [5, 5.41) is 0. The number of ether oxygens (including phenoxy) is 4. The molecule has 0 fully saturated rings. The summed E-state index contributed by atoms with van der Waals surface area (Å²) in [6, 6.07) is 97.4. The predicted molar refractivity (Wildman–Crippen MR) is 339 cm³/mol. The fraction of sp³-hybridized carbons (Fsp3) is 0.0769. The molecular weight excluding hydrogens is 1000 g/mol. The molecule has 0 N–H and O–H groups in total. The molecule has 0 aromatic heterocycles. The zero-order valence-electron chi connectivity index (χ0n) is 46.5. The van der Waals surface area contributed by atoms with E-state index in [9.17, 15) is 0 Å². The number of methoxy groups -OCH3 is 4. The average Bonchev–Trinajstić information content (AvgIpc) is 3.73. The Morgan fingerprint density at radius 3 is 0.463 bits per heavy atom. The molecule has 0 radical (unpaired) electrons. The standard InChI is InChI=1S/C78H60O4/c1-79-71-33-21-55(22-34-71)51-5-13-59(14-6-51)63-29-41-75-67(45-63)49-68-46-64(60-15-7-52(8-16-60)56-23-35-72(80-2)36-24-56)31-43-77(68)78-44-32-66(62-19-11-54(12-20-62)58-27-39-74(82-4)40-28-58)48-70(78)50-69-47-65(30-42-76(69)75)61-17-9-53(10-18-61)57-25-37-73(81-3)38-26-57/h5-48H,49-50H2,1-4H3. The van der Waals surface area contributed by atoms with Crippen LogP contribution in [0.1, 0.15) is 22.3 Å². The van der Waals surface area contributed by atoms with Crippen LogP contribution in [0, 0.1) is 0 Å². The Morgan fingerprint density at radius 2 is 0.305 bits per heavy atom. The van der Waals surface area contributed by atoms with Crippen molar-refractivity contribution in [3.8, 4) is 134 Å². The molecule has 396 valence electrons. The van der Waals surface area contributed by atoms with Crippen molar-refractivity contribution in [3.05, 3.63) is 289 Å². The van der Waals surface area contributed by atoms with E-state index in [2.05, 4.69) is 218 Å². The zero-order valence-corrected chi connectivity index (χ0v) is 46.5. The number of benzene rings is 12. The summed E-state index contributed by atoms with van der Waals surface area (Å²) < 4.78 is 21.8. The summed E-state index contributed by atoms with van der Waals surface area (Å²) in [4.78, 5) is 0. The van der Waals surface area contributed by atoms with Crippen LogP contribution < -0.4 is 18.9 Å². The summed E-state index contributed by atoms with van der Waals surface area (Å²) in [7, 11) is 6.82. The van der Waals surface area contributed by atoms with Crippen molar-refractivity contribution in [2.24, 2.45) is 0 Å². The van der Waals surface area contributed by atoms with Gasteiger partial charge in [0.25, 0.3) is 0 Å². The van der Waals surface area contributed by atoms with Crippen molar-refractivity contribution < 1.29 is 18.9 Å². The number of fused-ring (bicyclic) bond motifs is 6. The molecule has 0 unspecified atom stereocenters. The van der Waals surface area contributed by atoms with Crippen LogP contribution in [0.2, 0.25) is 0 Å². The maximum atomic E-state index is 5.46. The number of hydrogen-bond donors (Lipinski definition) is 0. The molecule has 1 aliphatic carbocycles. The van der Waals surface area contributed by atoms with Gasteiger partial charge in [-0.2, -0.15) is 0 Å².